The Bertz CT molecular complexity index is 478. The molecule has 1 aromatic carbocycles. The van der Waals surface area contributed by atoms with Gasteiger partial charge in [0.2, 0.25) is 5.96 Å². The molecule has 5 N–H and O–H groups in total. The molecule has 0 aromatic heterocycles. The van der Waals surface area contributed by atoms with E-state index in [4.69, 9.17) is 16.9 Å². The van der Waals surface area contributed by atoms with Crippen LogP contribution in [0.3, 0.4) is 0 Å². The number of aliphatic imine (C=N–C) groups is 1. The van der Waals surface area contributed by atoms with Crippen molar-refractivity contribution in [1.29, 1.82) is 5.41 Å². The van der Waals surface area contributed by atoms with Crippen LogP contribution in [0.15, 0.2) is 35.3 Å². The van der Waals surface area contributed by atoms with Crippen LogP contribution < -0.4 is 11.5 Å². The first-order valence-corrected chi connectivity index (χ1v) is 7.11. The lowest BCUT2D eigenvalue weighted by atomic mass is 10.0. The van der Waals surface area contributed by atoms with Crippen LogP contribution >= 0.6 is 12.4 Å². The predicted octanol–water partition coefficient (Wildman–Crippen LogP) is 2.62. The second-order valence-corrected chi connectivity index (χ2v) is 5.29. The molecule has 5 nitrogen and oxygen atoms in total. The van der Waals surface area contributed by atoms with E-state index in [0.29, 0.717) is 6.04 Å². The molecule has 1 aliphatic rings. The smallest absolute Gasteiger partial charge is 0.221 e. The van der Waals surface area contributed by atoms with Crippen molar-refractivity contribution < 1.29 is 0 Å². The lowest BCUT2D eigenvalue weighted by Gasteiger charge is -2.35. The largest absolute Gasteiger partial charge is 0.370 e. The highest BCUT2D eigenvalue weighted by Crippen LogP contribution is 2.31. The SMILES string of the molecule is CC(c1ccccc1)N(C(=N)N=C(N)N)C1CCCC1.Cl. The normalized spacial score (nSPS) is 15.9. The Kier molecular flexibility index (Phi) is 6.49. The minimum absolute atomic E-state index is 0. The van der Waals surface area contributed by atoms with Gasteiger partial charge in [0.25, 0.3) is 0 Å². The molecule has 0 heterocycles. The molecule has 1 atom stereocenters. The van der Waals surface area contributed by atoms with Crippen LogP contribution in [0.2, 0.25) is 0 Å². The van der Waals surface area contributed by atoms with Crippen molar-refractivity contribution in [3.8, 4) is 0 Å². The van der Waals surface area contributed by atoms with Gasteiger partial charge in [0.1, 0.15) is 0 Å². The van der Waals surface area contributed by atoms with Gasteiger partial charge in [0, 0.05) is 6.04 Å². The third kappa shape index (κ3) is 4.36. The van der Waals surface area contributed by atoms with Crippen LogP contribution in [0.1, 0.15) is 44.2 Å². The summed E-state index contributed by atoms with van der Waals surface area (Å²) >= 11 is 0. The molecule has 2 rings (SSSR count). The van der Waals surface area contributed by atoms with Gasteiger partial charge in [0.05, 0.1) is 6.04 Å². The average molecular weight is 310 g/mol. The number of hydrogen-bond acceptors (Lipinski definition) is 1. The maximum atomic E-state index is 8.20. The molecule has 1 aromatic rings. The number of benzene rings is 1. The van der Waals surface area contributed by atoms with E-state index in [0.717, 1.165) is 12.8 Å². The molecular formula is C15H24ClN5. The first-order chi connectivity index (χ1) is 9.59. The van der Waals surface area contributed by atoms with E-state index >= 15 is 0 Å². The minimum atomic E-state index is -0.0572. The van der Waals surface area contributed by atoms with E-state index in [1.54, 1.807) is 0 Å². The van der Waals surface area contributed by atoms with Crippen molar-refractivity contribution in [1.82, 2.24) is 4.90 Å². The molecule has 0 aliphatic heterocycles. The van der Waals surface area contributed by atoms with Gasteiger partial charge in [0.15, 0.2) is 5.96 Å². The van der Waals surface area contributed by atoms with Crippen LogP contribution in [-0.4, -0.2) is 22.9 Å². The Morgan fingerprint density at radius 1 is 1.24 bits per heavy atom. The molecular weight excluding hydrogens is 286 g/mol. The number of nitrogens with one attached hydrogen (secondary N) is 1. The fourth-order valence-electron chi connectivity index (χ4n) is 2.93. The summed E-state index contributed by atoms with van der Waals surface area (Å²) in [6, 6.07) is 10.6. The van der Waals surface area contributed by atoms with Crippen molar-refractivity contribution in [3.05, 3.63) is 35.9 Å². The zero-order valence-electron chi connectivity index (χ0n) is 12.3. The Hall–Kier alpha value is -1.75. The molecule has 0 saturated heterocycles. The van der Waals surface area contributed by atoms with Crippen molar-refractivity contribution >= 4 is 24.3 Å². The lowest BCUT2D eigenvalue weighted by Crippen LogP contribution is -2.41. The third-order valence-electron chi connectivity index (χ3n) is 3.90. The van der Waals surface area contributed by atoms with Crippen LogP contribution in [0.4, 0.5) is 0 Å². The average Bonchev–Trinajstić information content (AvgIpc) is 2.93. The van der Waals surface area contributed by atoms with Gasteiger partial charge < -0.3 is 16.4 Å². The summed E-state index contributed by atoms with van der Waals surface area (Å²) < 4.78 is 0. The molecule has 0 spiro atoms. The fraction of sp³-hybridized carbons (Fsp3) is 0.467. The molecule has 1 saturated carbocycles. The summed E-state index contributed by atoms with van der Waals surface area (Å²) in [7, 11) is 0. The van der Waals surface area contributed by atoms with Gasteiger partial charge in [-0.1, -0.05) is 43.2 Å². The van der Waals surface area contributed by atoms with Crippen LogP contribution in [-0.2, 0) is 0 Å². The van der Waals surface area contributed by atoms with Crippen molar-refractivity contribution in [3.63, 3.8) is 0 Å². The van der Waals surface area contributed by atoms with Gasteiger partial charge in [-0.25, -0.2) is 0 Å². The van der Waals surface area contributed by atoms with Gasteiger partial charge in [-0.15, -0.1) is 12.4 Å². The lowest BCUT2D eigenvalue weighted by molar-refractivity contribution is 0.248. The zero-order chi connectivity index (χ0) is 14.5. The second-order valence-electron chi connectivity index (χ2n) is 5.29. The minimum Gasteiger partial charge on any atom is -0.370 e. The molecule has 6 heteroatoms. The van der Waals surface area contributed by atoms with Gasteiger partial charge in [-0.2, -0.15) is 4.99 Å². The summed E-state index contributed by atoms with van der Waals surface area (Å²) in [5.41, 5.74) is 12.0. The van der Waals surface area contributed by atoms with Gasteiger partial charge in [-0.05, 0) is 25.3 Å². The summed E-state index contributed by atoms with van der Waals surface area (Å²) in [4.78, 5) is 5.99. The quantitative estimate of drug-likeness (QED) is 0.592. The Balaban J connectivity index is 0.00000220. The molecule has 1 fully saturated rings. The van der Waals surface area contributed by atoms with E-state index < -0.39 is 0 Å². The number of nitrogens with two attached hydrogens (primary N) is 2. The first kappa shape index (κ1) is 17.3. The topological polar surface area (TPSA) is 91.5 Å². The highest BCUT2D eigenvalue weighted by molar-refractivity contribution is 5.92. The zero-order valence-corrected chi connectivity index (χ0v) is 13.1. The van der Waals surface area contributed by atoms with Crippen molar-refractivity contribution in [2.45, 2.75) is 44.7 Å². The standard InChI is InChI=1S/C15H23N5.ClH/c1-11(12-7-3-2-4-8-12)20(13-9-5-6-10-13)15(18)19-14(16)17;/h2-4,7-8,11,13H,5-6,9-10H2,1H3,(H5,16,17,18,19);1H. The second kappa shape index (κ2) is 7.88. The number of rotatable bonds is 3. The summed E-state index contributed by atoms with van der Waals surface area (Å²) in [6.07, 6.45) is 4.61. The molecule has 116 valence electrons. The van der Waals surface area contributed by atoms with Gasteiger partial charge in [-0.3, -0.25) is 5.41 Å². The molecule has 0 radical (unpaired) electrons. The van der Waals surface area contributed by atoms with E-state index in [9.17, 15) is 0 Å². The maximum Gasteiger partial charge on any atom is 0.221 e. The van der Waals surface area contributed by atoms with Crippen LogP contribution in [0.5, 0.6) is 0 Å². The first-order valence-electron chi connectivity index (χ1n) is 7.11. The number of halogens is 1. The van der Waals surface area contributed by atoms with E-state index in [2.05, 4.69) is 24.0 Å². The Morgan fingerprint density at radius 3 is 2.33 bits per heavy atom. The Labute approximate surface area is 132 Å². The van der Waals surface area contributed by atoms with E-state index in [-0.39, 0.29) is 30.4 Å². The van der Waals surface area contributed by atoms with E-state index in [1.165, 1.54) is 18.4 Å². The summed E-state index contributed by atoms with van der Waals surface area (Å²) in [6.45, 7) is 2.10. The van der Waals surface area contributed by atoms with Gasteiger partial charge >= 0.3 is 0 Å². The monoisotopic (exact) mass is 309 g/mol. The number of hydrogen-bond donors (Lipinski definition) is 3. The molecule has 0 amide bonds. The van der Waals surface area contributed by atoms with Crippen molar-refractivity contribution in [2.75, 3.05) is 0 Å². The molecule has 0 bridgehead atoms. The summed E-state index contributed by atoms with van der Waals surface area (Å²) in [5.74, 6) is 0.103. The fourth-order valence-corrected chi connectivity index (χ4v) is 2.93. The van der Waals surface area contributed by atoms with Crippen LogP contribution in [0, 0.1) is 5.41 Å². The summed E-state index contributed by atoms with van der Waals surface area (Å²) in [5, 5.41) is 8.20. The molecule has 1 unspecified atom stereocenters. The maximum absolute atomic E-state index is 8.20. The van der Waals surface area contributed by atoms with Crippen LogP contribution in [0.25, 0.3) is 0 Å². The molecule has 1 aliphatic carbocycles. The molecule has 21 heavy (non-hydrogen) atoms. The van der Waals surface area contributed by atoms with Crippen molar-refractivity contribution in [2.24, 2.45) is 16.5 Å². The number of guanidine groups is 2. The highest BCUT2D eigenvalue weighted by Gasteiger charge is 2.29. The Morgan fingerprint density at radius 2 is 1.81 bits per heavy atom. The number of nitrogens with zero attached hydrogens (tertiary/aromatic N) is 2. The van der Waals surface area contributed by atoms with E-state index in [1.807, 2.05) is 23.1 Å². The third-order valence-corrected chi connectivity index (χ3v) is 3.90. The predicted molar refractivity (Wildman–Crippen MR) is 89.7 cm³/mol. The highest BCUT2D eigenvalue weighted by atomic mass is 35.5.